The Morgan fingerprint density at radius 2 is 2.26 bits per heavy atom. The number of rotatable bonds is 4. The Morgan fingerprint density at radius 1 is 1.47 bits per heavy atom. The van der Waals surface area contributed by atoms with Crippen LogP contribution >= 0.6 is 0 Å². The third-order valence-corrected chi connectivity index (χ3v) is 4.65. The fourth-order valence-corrected chi connectivity index (χ4v) is 3.32. The number of hydrogen-bond donors (Lipinski definition) is 1. The Labute approximate surface area is 115 Å². The van der Waals surface area contributed by atoms with Crippen molar-refractivity contribution in [3.63, 3.8) is 0 Å². The first kappa shape index (κ1) is 14.4. The zero-order chi connectivity index (χ0) is 13.9. The number of nitrogens with one attached hydrogen (secondary N) is 1. The van der Waals surface area contributed by atoms with Crippen LogP contribution in [0.15, 0.2) is 0 Å². The Bertz CT molecular complexity index is 356. The minimum Gasteiger partial charge on any atom is -0.351 e. The second-order valence-electron chi connectivity index (χ2n) is 6.25. The van der Waals surface area contributed by atoms with Crippen LogP contribution in [-0.2, 0) is 9.59 Å². The first-order valence-electron chi connectivity index (χ1n) is 7.64. The van der Waals surface area contributed by atoms with Gasteiger partial charge in [0, 0.05) is 31.0 Å². The summed E-state index contributed by atoms with van der Waals surface area (Å²) in [5, 5.41) is 3.00. The first-order chi connectivity index (χ1) is 9.04. The van der Waals surface area contributed by atoms with Crippen molar-refractivity contribution in [2.45, 2.75) is 76.8 Å². The lowest BCUT2D eigenvalue weighted by Gasteiger charge is -2.36. The van der Waals surface area contributed by atoms with Crippen LogP contribution in [0.5, 0.6) is 0 Å². The van der Waals surface area contributed by atoms with Crippen molar-refractivity contribution >= 4 is 11.8 Å². The van der Waals surface area contributed by atoms with Crippen LogP contribution in [0.1, 0.15) is 65.2 Å². The molecule has 2 aliphatic heterocycles. The van der Waals surface area contributed by atoms with E-state index in [-0.39, 0.29) is 17.4 Å². The molecule has 4 nitrogen and oxygen atoms in total. The normalized spacial score (nSPS) is 31.4. The lowest BCUT2D eigenvalue weighted by Crippen LogP contribution is -2.45. The molecule has 1 N–H and O–H groups in total. The minimum absolute atomic E-state index is 0.124. The Hall–Kier alpha value is -1.06. The van der Waals surface area contributed by atoms with E-state index in [2.05, 4.69) is 24.1 Å². The van der Waals surface area contributed by atoms with Crippen LogP contribution in [-0.4, -0.2) is 34.8 Å². The molecule has 2 aliphatic rings. The van der Waals surface area contributed by atoms with E-state index in [0.717, 1.165) is 38.6 Å². The average molecular weight is 266 g/mol. The summed E-state index contributed by atoms with van der Waals surface area (Å²) in [6.07, 6.45) is 7.38. The molecule has 19 heavy (non-hydrogen) atoms. The fraction of sp³-hybridized carbons (Fsp3) is 0.867. The fourth-order valence-electron chi connectivity index (χ4n) is 3.32. The highest BCUT2D eigenvalue weighted by atomic mass is 16.2. The Morgan fingerprint density at radius 3 is 2.89 bits per heavy atom. The maximum atomic E-state index is 12.4. The predicted octanol–water partition coefficient (Wildman–Crippen LogP) is 2.23. The summed E-state index contributed by atoms with van der Waals surface area (Å²) in [5.41, 5.74) is -0.162. The zero-order valence-electron chi connectivity index (χ0n) is 12.2. The van der Waals surface area contributed by atoms with E-state index in [1.165, 1.54) is 6.42 Å². The monoisotopic (exact) mass is 266 g/mol. The van der Waals surface area contributed by atoms with Gasteiger partial charge in [0.2, 0.25) is 11.8 Å². The molecule has 2 amide bonds. The molecule has 0 aliphatic carbocycles. The maximum Gasteiger partial charge on any atom is 0.222 e. The Kier molecular flexibility index (Phi) is 4.48. The number of piperidine rings is 1. The van der Waals surface area contributed by atoms with E-state index in [4.69, 9.17) is 0 Å². The van der Waals surface area contributed by atoms with Gasteiger partial charge in [-0.05, 0) is 45.4 Å². The topological polar surface area (TPSA) is 49.4 Å². The average Bonchev–Trinajstić information content (AvgIpc) is 2.76. The quantitative estimate of drug-likeness (QED) is 0.848. The smallest absolute Gasteiger partial charge is 0.222 e. The lowest BCUT2D eigenvalue weighted by atomic mass is 9.93. The third-order valence-electron chi connectivity index (χ3n) is 4.65. The molecule has 0 aromatic heterocycles. The molecule has 0 bridgehead atoms. The van der Waals surface area contributed by atoms with Gasteiger partial charge in [-0.15, -0.1) is 0 Å². The molecule has 4 heteroatoms. The molecule has 108 valence electrons. The highest BCUT2D eigenvalue weighted by molar-refractivity contribution is 5.80. The molecule has 2 rings (SSSR count). The second-order valence-corrected chi connectivity index (χ2v) is 6.25. The number of hydrogen-bond acceptors (Lipinski definition) is 2. The van der Waals surface area contributed by atoms with Crippen LogP contribution in [0, 0.1) is 0 Å². The van der Waals surface area contributed by atoms with E-state index >= 15 is 0 Å². The van der Waals surface area contributed by atoms with Crippen LogP contribution in [0.25, 0.3) is 0 Å². The van der Waals surface area contributed by atoms with E-state index in [9.17, 15) is 9.59 Å². The van der Waals surface area contributed by atoms with E-state index < -0.39 is 0 Å². The van der Waals surface area contributed by atoms with Gasteiger partial charge in [-0.25, -0.2) is 0 Å². The van der Waals surface area contributed by atoms with Gasteiger partial charge in [-0.3, -0.25) is 9.59 Å². The Balaban J connectivity index is 1.85. The predicted molar refractivity (Wildman–Crippen MR) is 74.7 cm³/mol. The van der Waals surface area contributed by atoms with Crippen molar-refractivity contribution in [2.75, 3.05) is 6.54 Å². The van der Waals surface area contributed by atoms with Gasteiger partial charge >= 0.3 is 0 Å². The molecule has 0 aromatic carbocycles. The summed E-state index contributed by atoms with van der Waals surface area (Å²) in [4.78, 5) is 25.7. The summed E-state index contributed by atoms with van der Waals surface area (Å²) in [5.74, 6) is 0.397. The minimum atomic E-state index is -0.162. The lowest BCUT2D eigenvalue weighted by molar-refractivity contribution is -0.135. The van der Waals surface area contributed by atoms with Crippen LogP contribution in [0.4, 0.5) is 0 Å². The number of amides is 2. The van der Waals surface area contributed by atoms with E-state index in [1.807, 2.05) is 0 Å². The maximum absolute atomic E-state index is 12.4. The van der Waals surface area contributed by atoms with Crippen LogP contribution in [0.2, 0.25) is 0 Å². The molecule has 2 atom stereocenters. The van der Waals surface area contributed by atoms with Gasteiger partial charge < -0.3 is 10.2 Å². The van der Waals surface area contributed by atoms with Gasteiger partial charge in [0.25, 0.3) is 0 Å². The van der Waals surface area contributed by atoms with Crippen molar-refractivity contribution in [1.29, 1.82) is 0 Å². The largest absolute Gasteiger partial charge is 0.351 e. The number of carbonyl (C=O) groups is 2. The molecule has 2 saturated heterocycles. The number of carbonyl (C=O) groups excluding carboxylic acids is 2. The van der Waals surface area contributed by atoms with Crippen molar-refractivity contribution in [3.8, 4) is 0 Å². The van der Waals surface area contributed by atoms with Gasteiger partial charge in [-0.1, -0.05) is 6.92 Å². The van der Waals surface area contributed by atoms with Gasteiger partial charge in [-0.2, -0.15) is 0 Å². The van der Waals surface area contributed by atoms with Crippen LogP contribution in [0.3, 0.4) is 0 Å². The summed E-state index contributed by atoms with van der Waals surface area (Å²) in [7, 11) is 0. The molecule has 0 aromatic rings. The zero-order valence-corrected chi connectivity index (χ0v) is 12.2. The number of nitrogens with zero attached hydrogens (tertiary/aromatic N) is 1. The summed E-state index contributed by atoms with van der Waals surface area (Å²) in [6.45, 7) is 5.13. The summed E-state index contributed by atoms with van der Waals surface area (Å²) in [6, 6.07) is 0.437. The van der Waals surface area contributed by atoms with Crippen molar-refractivity contribution in [2.24, 2.45) is 0 Å². The van der Waals surface area contributed by atoms with Gasteiger partial charge in [0.1, 0.15) is 0 Å². The molecular weight excluding hydrogens is 240 g/mol. The summed E-state index contributed by atoms with van der Waals surface area (Å²) < 4.78 is 0. The molecule has 0 spiro atoms. The molecule has 2 fully saturated rings. The SMILES string of the molecule is CC[C@@H]1CCCCN1C(=O)CC[C@@]1(C)CCC(=O)N1. The van der Waals surface area contributed by atoms with Crippen molar-refractivity contribution in [3.05, 3.63) is 0 Å². The second kappa shape index (κ2) is 5.93. The molecule has 0 unspecified atom stereocenters. The van der Waals surface area contributed by atoms with Crippen LogP contribution < -0.4 is 5.32 Å². The van der Waals surface area contributed by atoms with Crippen molar-refractivity contribution in [1.82, 2.24) is 10.2 Å². The third kappa shape index (κ3) is 3.48. The summed E-state index contributed by atoms with van der Waals surface area (Å²) >= 11 is 0. The first-order valence-corrected chi connectivity index (χ1v) is 7.64. The highest BCUT2D eigenvalue weighted by Gasteiger charge is 2.34. The molecule has 2 heterocycles. The molecular formula is C15H26N2O2. The van der Waals surface area contributed by atoms with Crippen molar-refractivity contribution < 1.29 is 9.59 Å². The number of likely N-dealkylation sites (tertiary alicyclic amines) is 1. The highest BCUT2D eigenvalue weighted by Crippen LogP contribution is 2.26. The molecule has 0 saturated carbocycles. The molecule has 0 radical (unpaired) electrons. The van der Waals surface area contributed by atoms with E-state index in [1.54, 1.807) is 0 Å². The standard InChI is InChI=1S/C15H26N2O2/c1-3-12-6-4-5-11-17(12)14(19)8-10-15(2)9-7-13(18)16-15/h12H,3-11H2,1-2H3,(H,16,18)/t12-,15-/m1/s1. The van der Waals surface area contributed by atoms with E-state index in [0.29, 0.717) is 18.9 Å². The van der Waals surface area contributed by atoms with Gasteiger partial charge in [0.05, 0.1) is 0 Å². The van der Waals surface area contributed by atoms with Gasteiger partial charge in [0.15, 0.2) is 0 Å².